The van der Waals surface area contributed by atoms with Gasteiger partial charge in [-0.1, -0.05) is 25.0 Å². The minimum atomic E-state index is -3.40. The zero-order valence-electron chi connectivity index (χ0n) is 11.8. The first-order valence-corrected chi connectivity index (χ1v) is 8.48. The number of nitrogens with two attached hydrogens (primary N) is 1. The van der Waals surface area contributed by atoms with Crippen molar-refractivity contribution >= 4 is 10.0 Å². The van der Waals surface area contributed by atoms with Crippen LogP contribution >= 0.6 is 0 Å². The first kappa shape index (κ1) is 15.3. The van der Waals surface area contributed by atoms with Gasteiger partial charge in [-0.25, -0.2) is 13.1 Å². The van der Waals surface area contributed by atoms with Gasteiger partial charge in [0.05, 0.1) is 12.9 Å². The van der Waals surface area contributed by atoms with Crippen molar-refractivity contribution in [2.75, 3.05) is 13.7 Å². The van der Waals surface area contributed by atoms with Gasteiger partial charge in [-0.3, -0.25) is 0 Å². The van der Waals surface area contributed by atoms with Gasteiger partial charge in [-0.05, 0) is 30.5 Å². The number of hydrogen-bond acceptors (Lipinski definition) is 4. The predicted octanol–water partition coefficient (Wildman–Crippen LogP) is 1.39. The fraction of sp³-hybridized carbons (Fsp3) is 0.571. The molecule has 112 valence electrons. The van der Waals surface area contributed by atoms with Crippen LogP contribution < -0.4 is 15.2 Å². The van der Waals surface area contributed by atoms with Gasteiger partial charge in [0, 0.05) is 12.1 Å². The molecule has 1 aliphatic rings. The molecule has 0 bridgehead atoms. The van der Waals surface area contributed by atoms with Crippen LogP contribution in [0.3, 0.4) is 0 Å². The van der Waals surface area contributed by atoms with Crippen molar-refractivity contribution in [3.05, 3.63) is 29.8 Å². The summed E-state index contributed by atoms with van der Waals surface area (Å²) < 4.78 is 32.5. The number of rotatable bonds is 6. The topological polar surface area (TPSA) is 81.4 Å². The molecule has 0 spiro atoms. The Morgan fingerprint density at radius 2 is 2.05 bits per heavy atom. The number of ether oxygens (including phenoxy) is 1. The molecule has 0 saturated heterocycles. The van der Waals surface area contributed by atoms with Crippen molar-refractivity contribution in [1.29, 1.82) is 0 Å². The summed E-state index contributed by atoms with van der Waals surface area (Å²) in [6.45, 7) is 0.352. The lowest BCUT2D eigenvalue weighted by Crippen LogP contribution is -2.51. The molecule has 3 N–H and O–H groups in total. The second-order valence-corrected chi connectivity index (χ2v) is 7.13. The molecule has 1 saturated carbocycles. The van der Waals surface area contributed by atoms with Crippen LogP contribution in [0.2, 0.25) is 0 Å². The average Bonchev–Trinajstić information content (AvgIpc) is 2.86. The lowest BCUT2D eigenvalue weighted by Gasteiger charge is -2.28. The zero-order chi connectivity index (χ0) is 14.6. The van der Waals surface area contributed by atoms with E-state index in [0.717, 1.165) is 25.7 Å². The molecule has 5 nitrogen and oxygen atoms in total. The number of nitrogens with one attached hydrogen (secondary N) is 1. The van der Waals surface area contributed by atoms with E-state index in [1.807, 2.05) is 0 Å². The zero-order valence-corrected chi connectivity index (χ0v) is 12.6. The van der Waals surface area contributed by atoms with Crippen LogP contribution in [0, 0.1) is 0 Å². The third kappa shape index (κ3) is 3.71. The van der Waals surface area contributed by atoms with E-state index in [-0.39, 0.29) is 5.75 Å². The molecule has 2 rings (SSSR count). The maximum Gasteiger partial charge on any atom is 0.216 e. The van der Waals surface area contributed by atoms with Gasteiger partial charge in [0.15, 0.2) is 0 Å². The predicted molar refractivity (Wildman–Crippen MR) is 79.0 cm³/mol. The molecule has 1 aromatic rings. The summed E-state index contributed by atoms with van der Waals surface area (Å²) >= 11 is 0. The van der Waals surface area contributed by atoms with Crippen LogP contribution in [-0.4, -0.2) is 27.6 Å². The Labute approximate surface area is 120 Å². The summed E-state index contributed by atoms with van der Waals surface area (Å²) in [6, 6.07) is 7.11. The Morgan fingerprint density at radius 3 is 2.65 bits per heavy atom. The Balaban J connectivity index is 2.10. The smallest absolute Gasteiger partial charge is 0.216 e. The van der Waals surface area contributed by atoms with Crippen LogP contribution in [0.5, 0.6) is 5.75 Å². The van der Waals surface area contributed by atoms with Crippen LogP contribution in [0.4, 0.5) is 0 Å². The summed E-state index contributed by atoms with van der Waals surface area (Å²) in [6.07, 6.45) is 3.69. The molecule has 0 unspecified atom stereocenters. The van der Waals surface area contributed by atoms with E-state index in [4.69, 9.17) is 10.5 Å². The second kappa shape index (κ2) is 6.11. The third-order valence-electron chi connectivity index (χ3n) is 3.81. The highest BCUT2D eigenvalue weighted by molar-refractivity contribution is 7.88. The largest absolute Gasteiger partial charge is 0.497 e. The van der Waals surface area contributed by atoms with Crippen LogP contribution in [0.15, 0.2) is 24.3 Å². The fourth-order valence-electron chi connectivity index (χ4n) is 2.75. The maximum atomic E-state index is 12.3. The highest BCUT2D eigenvalue weighted by Crippen LogP contribution is 2.29. The number of hydrogen-bond donors (Lipinski definition) is 2. The first-order valence-electron chi connectivity index (χ1n) is 6.83. The molecule has 0 aromatic heterocycles. The average molecular weight is 298 g/mol. The normalized spacial score (nSPS) is 18.1. The molecule has 6 heteroatoms. The van der Waals surface area contributed by atoms with E-state index in [1.165, 1.54) is 0 Å². The Morgan fingerprint density at radius 1 is 1.35 bits per heavy atom. The summed E-state index contributed by atoms with van der Waals surface area (Å²) in [5.74, 6) is 0.610. The van der Waals surface area contributed by atoms with Gasteiger partial charge < -0.3 is 10.5 Å². The van der Waals surface area contributed by atoms with Gasteiger partial charge in [0.2, 0.25) is 10.0 Å². The van der Waals surface area contributed by atoms with Crippen LogP contribution in [-0.2, 0) is 15.8 Å². The third-order valence-corrected chi connectivity index (χ3v) is 5.27. The van der Waals surface area contributed by atoms with Gasteiger partial charge in [0.1, 0.15) is 5.75 Å². The van der Waals surface area contributed by atoms with Gasteiger partial charge in [-0.15, -0.1) is 0 Å². The lowest BCUT2D eigenvalue weighted by molar-refractivity contribution is 0.399. The van der Waals surface area contributed by atoms with Gasteiger partial charge in [0.25, 0.3) is 0 Å². The van der Waals surface area contributed by atoms with E-state index in [0.29, 0.717) is 17.9 Å². The lowest BCUT2D eigenvalue weighted by atomic mass is 10.0. The van der Waals surface area contributed by atoms with Crippen molar-refractivity contribution in [3.8, 4) is 5.75 Å². The minimum Gasteiger partial charge on any atom is -0.497 e. The SMILES string of the molecule is COc1cccc(CS(=O)(=O)NC2(CN)CCCC2)c1. The summed E-state index contributed by atoms with van der Waals surface area (Å²) in [5.41, 5.74) is 6.03. The number of sulfonamides is 1. The van der Waals surface area contributed by atoms with Crippen molar-refractivity contribution in [1.82, 2.24) is 4.72 Å². The van der Waals surface area contributed by atoms with E-state index in [2.05, 4.69) is 4.72 Å². The summed E-state index contributed by atoms with van der Waals surface area (Å²) in [7, 11) is -1.84. The van der Waals surface area contributed by atoms with E-state index < -0.39 is 15.6 Å². The molecule has 20 heavy (non-hydrogen) atoms. The molecule has 1 aliphatic carbocycles. The van der Waals surface area contributed by atoms with E-state index >= 15 is 0 Å². The first-order chi connectivity index (χ1) is 9.49. The van der Waals surface area contributed by atoms with E-state index in [9.17, 15) is 8.42 Å². The quantitative estimate of drug-likeness (QED) is 0.831. The number of methoxy groups -OCH3 is 1. The van der Waals surface area contributed by atoms with Gasteiger partial charge >= 0.3 is 0 Å². The molecule has 0 aliphatic heterocycles. The summed E-state index contributed by atoms with van der Waals surface area (Å²) in [4.78, 5) is 0. The fourth-order valence-corrected chi connectivity index (χ4v) is 4.39. The molecule has 0 atom stereocenters. The molecular weight excluding hydrogens is 276 g/mol. The maximum absolute atomic E-state index is 12.3. The van der Waals surface area contributed by atoms with Crippen LogP contribution in [0.1, 0.15) is 31.2 Å². The second-order valence-electron chi connectivity index (χ2n) is 5.40. The van der Waals surface area contributed by atoms with Crippen molar-refractivity contribution in [3.63, 3.8) is 0 Å². The summed E-state index contributed by atoms with van der Waals surface area (Å²) in [5, 5.41) is 0. The molecule has 0 radical (unpaired) electrons. The standard InChI is InChI=1S/C14H22N2O3S/c1-19-13-6-4-5-12(9-13)10-20(17,18)16-14(11-15)7-2-3-8-14/h4-6,9,16H,2-3,7-8,10-11,15H2,1H3. The molecule has 1 fully saturated rings. The highest BCUT2D eigenvalue weighted by atomic mass is 32.2. The van der Waals surface area contributed by atoms with E-state index in [1.54, 1.807) is 31.4 Å². The minimum absolute atomic E-state index is 0.0497. The Kier molecular flexibility index (Phi) is 4.67. The molecule has 1 aromatic carbocycles. The van der Waals surface area contributed by atoms with Crippen molar-refractivity contribution in [2.24, 2.45) is 5.73 Å². The van der Waals surface area contributed by atoms with Crippen molar-refractivity contribution in [2.45, 2.75) is 37.0 Å². The van der Waals surface area contributed by atoms with Crippen molar-refractivity contribution < 1.29 is 13.2 Å². The van der Waals surface area contributed by atoms with Gasteiger partial charge in [-0.2, -0.15) is 0 Å². The molecule has 0 heterocycles. The monoisotopic (exact) mass is 298 g/mol. The highest BCUT2D eigenvalue weighted by Gasteiger charge is 2.36. The molecule has 0 amide bonds. The Bertz CT molecular complexity index is 551. The number of benzene rings is 1. The van der Waals surface area contributed by atoms with Crippen LogP contribution in [0.25, 0.3) is 0 Å². The molecular formula is C14H22N2O3S. The Hall–Kier alpha value is -1.11.